The first-order valence-electron chi connectivity index (χ1n) is 6.21. The van der Waals surface area contributed by atoms with Gasteiger partial charge in [0.2, 0.25) is 0 Å². The Labute approximate surface area is 111 Å². The number of carbonyl (C=O) groups excluding carboxylic acids is 1. The molecule has 0 radical (unpaired) electrons. The van der Waals surface area contributed by atoms with Crippen LogP contribution in [0.3, 0.4) is 0 Å². The van der Waals surface area contributed by atoms with Crippen molar-refractivity contribution in [1.82, 2.24) is 15.0 Å². The Kier molecular flexibility index (Phi) is 4.55. The van der Waals surface area contributed by atoms with E-state index in [0.29, 0.717) is 23.6 Å². The maximum atomic E-state index is 12.0. The minimum atomic E-state index is -0.366. The van der Waals surface area contributed by atoms with E-state index in [1.54, 1.807) is 30.6 Å². The third kappa shape index (κ3) is 3.34. The Balaban J connectivity index is 2.24. The van der Waals surface area contributed by atoms with Crippen molar-refractivity contribution in [3.05, 3.63) is 42.5 Å². The normalized spacial score (nSPS) is 10.2. The van der Waals surface area contributed by atoms with Crippen LogP contribution < -0.4 is 0 Å². The zero-order valence-electron chi connectivity index (χ0n) is 10.7. The van der Waals surface area contributed by atoms with Crippen LogP contribution >= 0.6 is 0 Å². The molecule has 0 spiro atoms. The van der Waals surface area contributed by atoms with Crippen LogP contribution in [0, 0.1) is 0 Å². The third-order valence-corrected chi connectivity index (χ3v) is 2.58. The molecule has 0 saturated heterocycles. The average Bonchev–Trinajstić information content (AvgIpc) is 2.48. The largest absolute Gasteiger partial charge is 0.462 e. The molecule has 0 amide bonds. The summed E-state index contributed by atoms with van der Waals surface area (Å²) in [5.41, 5.74) is 1.56. The topological polar surface area (TPSA) is 65.0 Å². The molecule has 5 heteroatoms. The van der Waals surface area contributed by atoms with Gasteiger partial charge in [-0.05, 0) is 24.6 Å². The van der Waals surface area contributed by atoms with Gasteiger partial charge in [0.1, 0.15) is 12.0 Å². The number of pyridine rings is 1. The Hall–Kier alpha value is -2.30. The van der Waals surface area contributed by atoms with Crippen molar-refractivity contribution in [2.75, 3.05) is 6.61 Å². The molecule has 0 saturated carbocycles. The molecule has 98 valence electrons. The average molecular weight is 257 g/mol. The molecule has 0 bridgehead atoms. The SMILES string of the molecule is CCCCOC(=O)c1cccnc1-c1ccncn1. The third-order valence-electron chi connectivity index (χ3n) is 2.58. The molecule has 0 unspecified atom stereocenters. The monoisotopic (exact) mass is 257 g/mol. The fraction of sp³-hybridized carbons (Fsp3) is 0.286. The molecule has 0 N–H and O–H groups in total. The van der Waals surface area contributed by atoms with Gasteiger partial charge in [-0.2, -0.15) is 0 Å². The molecule has 2 rings (SSSR count). The number of carbonyl (C=O) groups is 1. The molecule has 0 fully saturated rings. The molecule has 0 atom stereocenters. The van der Waals surface area contributed by atoms with Crippen LogP contribution in [0.15, 0.2) is 36.9 Å². The quantitative estimate of drug-likeness (QED) is 0.608. The summed E-state index contributed by atoms with van der Waals surface area (Å²) >= 11 is 0. The van der Waals surface area contributed by atoms with Gasteiger partial charge < -0.3 is 4.74 Å². The summed E-state index contributed by atoms with van der Waals surface area (Å²) in [4.78, 5) is 24.2. The van der Waals surface area contributed by atoms with Gasteiger partial charge in [0.25, 0.3) is 0 Å². The van der Waals surface area contributed by atoms with Gasteiger partial charge in [0, 0.05) is 12.4 Å². The van der Waals surface area contributed by atoms with E-state index < -0.39 is 0 Å². The second-order valence-corrected chi connectivity index (χ2v) is 3.98. The van der Waals surface area contributed by atoms with Gasteiger partial charge in [0.05, 0.1) is 17.9 Å². The number of aromatic nitrogens is 3. The molecule has 0 aromatic carbocycles. The lowest BCUT2D eigenvalue weighted by atomic mass is 10.1. The van der Waals surface area contributed by atoms with Crippen molar-refractivity contribution >= 4 is 5.97 Å². The Bertz CT molecular complexity index is 543. The highest BCUT2D eigenvalue weighted by atomic mass is 16.5. The van der Waals surface area contributed by atoms with Gasteiger partial charge in [-0.1, -0.05) is 13.3 Å². The fourth-order valence-electron chi connectivity index (χ4n) is 1.59. The first-order valence-corrected chi connectivity index (χ1v) is 6.21. The van der Waals surface area contributed by atoms with Crippen molar-refractivity contribution in [3.8, 4) is 11.4 Å². The molecule has 19 heavy (non-hydrogen) atoms. The smallest absolute Gasteiger partial charge is 0.340 e. The van der Waals surface area contributed by atoms with E-state index in [1.807, 2.05) is 6.92 Å². The van der Waals surface area contributed by atoms with E-state index in [-0.39, 0.29) is 5.97 Å². The Morgan fingerprint density at radius 3 is 2.89 bits per heavy atom. The lowest BCUT2D eigenvalue weighted by Crippen LogP contribution is -2.09. The van der Waals surface area contributed by atoms with E-state index in [0.717, 1.165) is 12.8 Å². The van der Waals surface area contributed by atoms with Crippen LogP contribution in [0.2, 0.25) is 0 Å². The molecule has 0 aliphatic rings. The summed E-state index contributed by atoms with van der Waals surface area (Å²) < 4.78 is 5.21. The number of hydrogen-bond donors (Lipinski definition) is 0. The zero-order chi connectivity index (χ0) is 13.5. The number of unbranched alkanes of at least 4 members (excludes halogenated alkanes) is 1. The second kappa shape index (κ2) is 6.58. The van der Waals surface area contributed by atoms with Gasteiger partial charge in [-0.3, -0.25) is 4.98 Å². The van der Waals surface area contributed by atoms with Crippen molar-refractivity contribution in [3.63, 3.8) is 0 Å². The maximum Gasteiger partial charge on any atom is 0.340 e. The lowest BCUT2D eigenvalue weighted by Gasteiger charge is -2.07. The first kappa shape index (κ1) is 13.1. The van der Waals surface area contributed by atoms with Crippen LogP contribution in [0.25, 0.3) is 11.4 Å². The fourth-order valence-corrected chi connectivity index (χ4v) is 1.59. The number of esters is 1. The van der Waals surface area contributed by atoms with E-state index in [1.165, 1.54) is 6.33 Å². The number of nitrogens with zero attached hydrogens (tertiary/aromatic N) is 3. The van der Waals surface area contributed by atoms with Gasteiger partial charge >= 0.3 is 5.97 Å². The molecule has 0 aliphatic heterocycles. The first-order chi connectivity index (χ1) is 9.33. The van der Waals surface area contributed by atoms with Crippen molar-refractivity contribution < 1.29 is 9.53 Å². The van der Waals surface area contributed by atoms with Gasteiger partial charge in [-0.25, -0.2) is 14.8 Å². The highest BCUT2D eigenvalue weighted by molar-refractivity contribution is 5.95. The minimum Gasteiger partial charge on any atom is -0.462 e. The minimum absolute atomic E-state index is 0.366. The summed E-state index contributed by atoms with van der Waals surface area (Å²) in [7, 11) is 0. The van der Waals surface area contributed by atoms with Crippen molar-refractivity contribution in [2.24, 2.45) is 0 Å². The summed E-state index contributed by atoms with van der Waals surface area (Å²) in [6, 6.07) is 5.12. The van der Waals surface area contributed by atoms with Crippen LogP contribution in [0.5, 0.6) is 0 Å². The van der Waals surface area contributed by atoms with E-state index >= 15 is 0 Å². The summed E-state index contributed by atoms with van der Waals surface area (Å²) in [6.07, 6.45) is 6.51. The Morgan fingerprint density at radius 2 is 2.16 bits per heavy atom. The molecule has 2 heterocycles. The Morgan fingerprint density at radius 1 is 1.26 bits per heavy atom. The summed E-state index contributed by atoms with van der Waals surface area (Å²) in [5.74, 6) is -0.366. The van der Waals surface area contributed by atoms with Crippen molar-refractivity contribution in [1.29, 1.82) is 0 Å². The molecular weight excluding hydrogens is 242 g/mol. The highest BCUT2D eigenvalue weighted by Gasteiger charge is 2.15. The van der Waals surface area contributed by atoms with Gasteiger partial charge in [-0.15, -0.1) is 0 Å². The van der Waals surface area contributed by atoms with Crippen LogP contribution in [-0.4, -0.2) is 27.5 Å². The van der Waals surface area contributed by atoms with Crippen LogP contribution in [0.4, 0.5) is 0 Å². The summed E-state index contributed by atoms with van der Waals surface area (Å²) in [6.45, 7) is 2.47. The predicted octanol–water partition coefficient (Wildman–Crippen LogP) is 2.50. The molecule has 2 aromatic heterocycles. The maximum absolute atomic E-state index is 12.0. The van der Waals surface area contributed by atoms with Gasteiger partial charge in [0.15, 0.2) is 0 Å². The number of hydrogen-bond acceptors (Lipinski definition) is 5. The van der Waals surface area contributed by atoms with Crippen molar-refractivity contribution in [2.45, 2.75) is 19.8 Å². The highest BCUT2D eigenvalue weighted by Crippen LogP contribution is 2.18. The molecule has 5 nitrogen and oxygen atoms in total. The lowest BCUT2D eigenvalue weighted by molar-refractivity contribution is 0.0500. The molecule has 0 aliphatic carbocycles. The standard InChI is InChI=1S/C14H15N3O2/c1-2-3-9-19-14(18)11-5-4-7-16-13(11)12-6-8-15-10-17-12/h4-8,10H,2-3,9H2,1H3. The van der Waals surface area contributed by atoms with E-state index in [2.05, 4.69) is 15.0 Å². The molecule has 2 aromatic rings. The number of rotatable bonds is 5. The predicted molar refractivity (Wildman–Crippen MR) is 70.5 cm³/mol. The van der Waals surface area contributed by atoms with Crippen LogP contribution in [0.1, 0.15) is 30.1 Å². The summed E-state index contributed by atoms with van der Waals surface area (Å²) in [5, 5.41) is 0. The van der Waals surface area contributed by atoms with Crippen LogP contribution in [-0.2, 0) is 4.74 Å². The van der Waals surface area contributed by atoms with E-state index in [4.69, 9.17) is 4.74 Å². The van der Waals surface area contributed by atoms with E-state index in [9.17, 15) is 4.79 Å². The zero-order valence-corrected chi connectivity index (χ0v) is 10.7. The molecular formula is C14H15N3O2. The number of ether oxygens (including phenoxy) is 1. The second-order valence-electron chi connectivity index (χ2n) is 3.98.